The predicted octanol–water partition coefficient (Wildman–Crippen LogP) is 0.229. The van der Waals surface area contributed by atoms with Crippen LogP contribution in [0.3, 0.4) is 0 Å². The Hall–Kier alpha value is -0.880. The number of aromatic amines is 1. The SMILES string of the molecule is CN1CCN(c2n[nH]c(=S)n2C)CC1. The third-order valence-corrected chi connectivity index (χ3v) is 3.01. The van der Waals surface area contributed by atoms with E-state index in [9.17, 15) is 0 Å². The van der Waals surface area contributed by atoms with Gasteiger partial charge in [0.2, 0.25) is 5.95 Å². The van der Waals surface area contributed by atoms with Gasteiger partial charge in [-0.1, -0.05) is 0 Å². The zero-order valence-corrected chi connectivity index (χ0v) is 9.34. The first-order chi connectivity index (χ1) is 6.68. The summed E-state index contributed by atoms with van der Waals surface area (Å²) in [5.74, 6) is 0.947. The molecule has 1 fully saturated rings. The van der Waals surface area contributed by atoms with Crippen LogP contribution >= 0.6 is 12.2 Å². The highest BCUT2D eigenvalue weighted by molar-refractivity contribution is 7.71. The standard InChI is InChI=1S/C8H15N5S/c1-11-3-5-13(6-4-11)7-9-10-8(14)12(7)2/h3-6H2,1-2H3,(H,10,14). The third-order valence-electron chi connectivity index (χ3n) is 2.64. The lowest BCUT2D eigenvalue weighted by atomic mass is 10.3. The van der Waals surface area contributed by atoms with Gasteiger partial charge in [-0.3, -0.25) is 4.57 Å². The lowest BCUT2D eigenvalue weighted by Gasteiger charge is -2.32. The summed E-state index contributed by atoms with van der Waals surface area (Å²) in [6.07, 6.45) is 0. The molecular formula is C8H15N5S. The number of piperazine rings is 1. The summed E-state index contributed by atoms with van der Waals surface area (Å²) in [5.41, 5.74) is 0. The van der Waals surface area contributed by atoms with Crippen LogP contribution in [-0.4, -0.2) is 52.9 Å². The van der Waals surface area contributed by atoms with E-state index in [1.807, 2.05) is 11.6 Å². The van der Waals surface area contributed by atoms with Gasteiger partial charge in [-0.05, 0) is 19.3 Å². The molecule has 0 saturated carbocycles. The highest BCUT2D eigenvalue weighted by Crippen LogP contribution is 2.11. The zero-order chi connectivity index (χ0) is 10.1. The molecule has 0 amide bonds. The van der Waals surface area contributed by atoms with E-state index >= 15 is 0 Å². The molecule has 0 bridgehead atoms. The molecule has 0 unspecified atom stereocenters. The van der Waals surface area contributed by atoms with Gasteiger partial charge in [0.15, 0.2) is 4.77 Å². The lowest BCUT2D eigenvalue weighted by Crippen LogP contribution is -2.45. The van der Waals surface area contributed by atoms with Crippen molar-refractivity contribution in [3.05, 3.63) is 4.77 Å². The van der Waals surface area contributed by atoms with Crippen molar-refractivity contribution in [2.45, 2.75) is 0 Å². The van der Waals surface area contributed by atoms with Gasteiger partial charge in [0.25, 0.3) is 0 Å². The number of H-pyrrole nitrogens is 1. The van der Waals surface area contributed by atoms with Gasteiger partial charge in [-0.25, -0.2) is 5.10 Å². The van der Waals surface area contributed by atoms with Gasteiger partial charge < -0.3 is 9.80 Å². The van der Waals surface area contributed by atoms with Crippen molar-refractivity contribution in [1.82, 2.24) is 19.7 Å². The molecule has 5 nitrogen and oxygen atoms in total. The van der Waals surface area contributed by atoms with Crippen LogP contribution in [0, 0.1) is 4.77 Å². The Labute approximate surface area is 88.3 Å². The molecule has 1 aromatic heterocycles. The minimum Gasteiger partial charge on any atom is -0.338 e. The highest BCUT2D eigenvalue weighted by Gasteiger charge is 2.17. The second kappa shape index (κ2) is 3.70. The normalized spacial score (nSPS) is 18.9. The molecule has 78 valence electrons. The Morgan fingerprint density at radius 3 is 2.36 bits per heavy atom. The Bertz CT molecular complexity index is 360. The predicted molar refractivity (Wildman–Crippen MR) is 58.1 cm³/mol. The van der Waals surface area contributed by atoms with E-state index in [0.29, 0.717) is 4.77 Å². The summed E-state index contributed by atoms with van der Waals surface area (Å²) < 4.78 is 2.60. The Morgan fingerprint density at radius 2 is 1.86 bits per heavy atom. The van der Waals surface area contributed by atoms with Crippen LogP contribution in [0.4, 0.5) is 5.95 Å². The van der Waals surface area contributed by atoms with E-state index in [0.717, 1.165) is 32.1 Å². The summed E-state index contributed by atoms with van der Waals surface area (Å²) in [6.45, 7) is 4.20. The third kappa shape index (κ3) is 1.67. The molecule has 1 aliphatic heterocycles. The van der Waals surface area contributed by atoms with Crippen molar-refractivity contribution in [2.24, 2.45) is 7.05 Å². The molecule has 0 aliphatic carbocycles. The fourth-order valence-electron chi connectivity index (χ4n) is 1.63. The molecule has 1 saturated heterocycles. The van der Waals surface area contributed by atoms with Crippen molar-refractivity contribution in [2.75, 3.05) is 38.1 Å². The van der Waals surface area contributed by atoms with E-state index in [2.05, 4.69) is 27.0 Å². The van der Waals surface area contributed by atoms with E-state index in [4.69, 9.17) is 12.2 Å². The van der Waals surface area contributed by atoms with Crippen molar-refractivity contribution in [3.63, 3.8) is 0 Å². The van der Waals surface area contributed by atoms with E-state index in [-0.39, 0.29) is 0 Å². The first kappa shape index (κ1) is 9.67. The van der Waals surface area contributed by atoms with E-state index in [1.54, 1.807) is 0 Å². The molecule has 1 aromatic rings. The number of aromatic nitrogens is 3. The monoisotopic (exact) mass is 213 g/mol. The van der Waals surface area contributed by atoms with Crippen molar-refractivity contribution < 1.29 is 0 Å². The second-order valence-electron chi connectivity index (χ2n) is 3.68. The van der Waals surface area contributed by atoms with Crippen molar-refractivity contribution >= 4 is 18.2 Å². The Morgan fingerprint density at radius 1 is 1.21 bits per heavy atom. The van der Waals surface area contributed by atoms with Crippen LogP contribution in [0.15, 0.2) is 0 Å². The molecule has 0 radical (unpaired) electrons. The Kier molecular flexibility index (Phi) is 2.56. The maximum absolute atomic E-state index is 5.07. The van der Waals surface area contributed by atoms with Crippen molar-refractivity contribution in [1.29, 1.82) is 0 Å². The largest absolute Gasteiger partial charge is 0.338 e. The van der Waals surface area contributed by atoms with Gasteiger partial charge in [-0.15, -0.1) is 5.10 Å². The molecule has 2 rings (SSSR count). The van der Waals surface area contributed by atoms with Gasteiger partial charge in [0.05, 0.1) is 0 Å². The molecule has 6 heteroatoms. The molecule has 14 heavy (non-hydrogen) atoms. The zero-order valence-electron chi connectivity index (χ0n) is 8.53. The minimum absolute atomic E-state index is 0.680. The summed E-state index contributed by atoms with van der Waals surface area (Å²) in [6, 6.07) is 0. The Balaban J connectivity index is 2.16. The number of hydrogen-bond acceptors (Lipinski definition) is 4. The summed E-state index contributed by atoms with van der Waals surface area (Å²) in [5, 5.41) is 7.02. The van der Waals surface area contributed by atoms with Crippen LogP contribution in [0.25, 0.3) is 0 Å². The number of rotatable bonds is 1. The van der Waals surface area contributed by atoms with Crippen LogP contribution in [0.2, 0.25) is 0 Å². The van der Waals surface area contributed by atoms with Gasteiger partial charge in [-0.2, -0.15) is 0 Å². The molecule has 0 aromatic carbocycles. The maximum Gasteiger partial charge on any atom is 0.225 e. The molecule has 0 atom stereocenters. The number of likely N-dealkylation sites (N-methyl/N-ethyl adjacent to an activating group) is 1. The lowest BCUT2D eigenvalue weighted by molar-refractivity contribution is 0.310. The quantitative estimate of drug-likeness (QED) is 0.678. The van der Waals surface area contributed by atoms with E-state index < -0.39 is 0 Å². The molecule has 1 aliphatic rings. The summed E-state index contributed by atoms with van der Waals surface area (Å²) in [7, 11) is 4.08. The van der Waals surface area contributed by atoms with Gasteiger partial charge >= 0.3 is 0 Å². The first-order valence-electron chi connectivity index (χ1n) is 4.73. The van der Waals surface area contributed by atoms with Gasteiger partial charge in [0.1, 0.15) is 0 Å². The van der Waals surface area contributed by atoms with Crippen LogP contribution < -0.4 is 4.90 Å². The van der Waals surface area contributed by atoms with Crippen molar-refractivity contribution in [3.8, 4) is 0 Å². The average Bonchev–Trinajstić information content (AvgIpc) is 2.50. The maximum atomic E-state index is 5.07. The second-order valence-corrected chi connectivity index (χ2v) is 4.06. The molecular weight excluding hydrogens is 198 g/mol. The fourth-order valence-corrected chi connectivity index (χ4v) is 1.76. The number of hydrogen-bond donors (Lipinski definition) is 1. The smallest absolute Gasteiger partial charge is 0.225 e. The van der Waals surface area contributed by atoms with Crippen LogP contribution in [0.1, 0.15) is 0 Å². The number of nitrogens with zero attached hydrogens (tertiary/aromatic N) is 4. The van der Waals surface area contributed by atoms with Crippen LogP contribution in [0.5, 0.6) is 0 Å². The molecule has 1 N–H and O–H groups in total. The minimum atomic E-state index is 0.680. The summed E-state index contributed by atoms with van der Waals surface area (Å²) in [4.78, 5) is 4.57. The highest BCUT2D eigenvalue weighted by atomic mass is 32.1. The van der Waals surface area contributed by atoms with Crippen LogP contribution in [-0.2, 0) is 7.05 Å². The summed E-state index contributed by atoms with van der Waals surface area (Å²) >= 11 is 5.07. The molecule has 2 heterocycles. The van der Waals surface area contributed by atoms with E-state index in [1.165, 1.54) is 0 Å². The fraction of sp³-hybridized carbons (Fsp3) is 0.750. The topological polar surface area (TPSA) is 40.1 Å². The number of nitrogens with one attached hydrogen (secondary N) is 1. The van der Waals surface area contributed by atoms with Gasteiger partial charge in [0, 0.05) is 33.2 Å². The number of anilines is 1. The average molecular weight is 213 g/mol. The first-order valence-corrected chi connectivity index (χ1v) is 5.14. The molecule has 0 spiro atoms.